The van der Waals surface area contributed by atoms with E-state index in [4.69, 9.17) is 5.73 Å². The molecule has 0 spiro atoms. The molecule has 0 saturated heterocycles. The van der Waals surface area contributed by atoms with Gasteiger partial charge in [-0.15, -0.1) is 0 Å². The van der Waals surface area contributed by atoms with Crippen LogP contribution < -0.4 is 5.73 Å². The van der Waals surface area contributed by atoms with Gasteiger partial charge in [-0.25, -0.2) is 0 Å². The summed E-state index contributed by atoms with van der Waals surface area (Å²) in [5.74, 6) is 1.55. The zero-order valence-electron chi connectivity index (χ0n) is 16.1. The van der Waals surface area contributed by atoms with Crippen molar-refractivity contribution in [2.45, 2.75) is 38.5 Å². The minimum Gasteiger partial charge on any atom is -0.401 e. The fourth-order valence-corrected chi connectivity index (χ4v) is 10.3. The minimum atomic E-state index is -2.62. The van der Waals surface area contributed by atoms with Crippen LogP contribution in [0.3, 0.4) is 0 Å². The molecule has 1 heterocycles. The number of hydrogen-bond donors (Lipinski definition) is 1. The molecular formula is C24H28NOP. The number of rotatable bonds is 3. The summed E-state index contributed by atoms with van der Waals surface area (Å²) in [6, 6.07) is 20.6. The topological polar surface area (TPSA) is 43.1 Å². The standard InChI is InChI=1S/C24H28NOP/c1-24(2)18-13-19(24)21-20(14-18)27(26,15-16-9-5-3-6-10-16)23(22(21)25)17-11-7-4-8-12-17/h3-12,18-21H,13-15,25H2,1-2H3/t18-,19+,20-,21+,27?/m1/s1. The first-order valence-corrected chi connectivity index (χ1v) is 12.1. The summed E-state index contributed by atoms with van der Waals surface area (Å²) in [7, 11) is -2.62. The Kier molecular flexibility index (Phi) is 3.75. The largest absolute Gasteiger partial charge is 0.401 e. The SMILES string of the molecule is CC1(C)[C@H]2C[C@@H]3[C@@H](C(N)=C(c4ccccc4)P3(=O)Cc3ccccc3)[C@@H]1C2. The van der Waals surface area contributed by atoms with E-state index in [0.29, 0.717) is 23.4 Å². The monoisotopic (exact) mass is 377 g/mol. The van der Waals surface area contributed by atoms with Crippen molar-refractivity contribution in [2.75, 3.05) is 0 Å². The van der Waals surface area contributed by atoms with Crippen molar-refractivity contribution in [1.29, 1.82) is 0 Å². The van der Waals surface area contributed by atoms with Crippen LogP contribution in [-0.4, -0.2) is 5.66 Å². The van der Waals surface area contributed by atoms with E-state index in [9.17, 15) is 4.57 Å². The molecule has 1 aliphatic heterocycles. The molecule has 3 fully saturated rings. The molecule has 6 rings (SSSR count). The molecule has 3 heteroatoms. The van der Waals surface area contributed by atoms with Gasteiger partial charge in [0.05, 0.1) is 0 Å². The second-order valence-electron chi connectivity index (χ2n) is 9.30. The Hall–Kier alpha value is -1.79. The predicted octanol–water partition coefficient (Wildman–Crippen LogP) is 5.94. The lowest BCUT2D eigenvalue weighted by molar-refractivity contribution is -0.0903. The van der Waals surface area contributed by atoms with E-state index in [0.717, 1.165) is 23.0 Å². The van der Waals surface area contributed by atoms with Crippen molar-refractivity contribution in [3.05, 3.63) is 77.5 Å². The molecule has 2 aromatic carbocycles. The van der Waals surface area contributed by atoms with Crippen LogP contribution in [0.15, 0.2) is 66.4 Å². The third-order valence-electron chi connectivity index (χ3n) is 7.77. The molecule has 2 N–H and O–H groups in total. The van der Waals surface area contributed by atoms with Gasteiger partial charge in [-0.1, -0.05) is 74.5 Å². The highest BCUT2D eigenvalue weighted by Crippen LogP contribution is 2.79. The summed E-state index contributed by atoms with van der Waals surface area (Å²) < 4.78 is 14.7. The van der Waals surface area contributed by atoms with Crippen LogP contribution in [0.4, 0.5) is 0 Å². The summed E-state index contributed by atoms with van der Waals surface area (Å²) in [5.41, 5.74) is 10.6. The molecule has 2 aromatic rings. The third kappa shape index (κ3) is 2.36. The summed E-state index contributed by atoms with van der Waals surface area (Å²) in [5, 5.41) is 0.991. The molecule has 3 saturated carbocycles. The quantitative estimate of drug-likeness (QED) is 0.673. The molecule has 3 aliphatic carbocycles. The lowest BCUT2D eigenvalue weighted by Gasteiger charge is -2.62. The Balaban J connectivity index is 1.65. The first-order chi connectivity index (χ1) is 12.9. The minimum absolute atomic E-state index is 0.227. The zero-order valence-corrected chi connectivity index (χ0v) is 17.0. The van der Waals surface area contributed by atoms with Gasteiger partial charge < -0.3 is 10.3 Å². The maximum Gasteiger partial charge on any atom is 0.125 e. The van der Waals surface area contributed by atoms with Crippen LogP contribution in [0.2, 0.25) is 0 Å². The van der Waals surface area contributed by atoms with E-state index in [2.05, 4.69) is 38.1 Å². The third-order valence-corrected chi connectivity index (χ3v) is 11.5. The Morgan fingerprint density at radius 3 is 2.26 bits per heavy atom. The predicted molar refractivity (Wildman–Crippen MR) is 113 cm³/mol. The first kappa shape index (κ1) is 17.3. The van der Waals surface area contributed by atoms with Crippen LogP contribution in [0, 0.1) is 23.2 Å². The highest BCUT2D eigenvalue weighted by atomic mass is 31.2. The summed E-state index contributed by atoms with van der Waals surface area (Å²) in [6.45, 7) is 4.77. The maximum absolute atomic E-state index is 14.7. The van der Waals surface area contributed by atoms with E-state index in [1.807, 2.05) is 36.4 Å². The van der Waals surface area contributed by atoms with Gasteiger partial charge in [-0.05, 0) is 41.2 Å². The van der Waals surface area contributed by atoms with E-state index >= 15 is 0 Å². The number of nitrogens with two attached hydrogens (primary N) is 1. The number of hydrogen-bond acceptors (Lipinski definition) is 2. The van der Waals surface area contributed by atoms with E-state index in [1.54, 1.807) is 0 Å². The summed E-state index contributed by atoms with van der Waals surface area (Å²) >= 11 is 0. The van der Waals surface area contributed by atoms with Gasteiger partial charge in [-0.2, -0.15) is 0 Å². The highest BCUT2D eigenvalue weighted by Gasteiger charge is 2.65. The summed E-state index contributed by atoms with van der Waals surface area (Å²) in [6.07, 6.45) is 2.96. The van der Waals surface area contributed by atoms with Gasteiger partial charge in [0, 0.05) is 28.8 Å². The zero-order chi connectivity index (χ0) is 18.8. The fourth-order valence-electron chi connectivity index (χ4n) is 6.20. The average molecular weight is 377 g/mol. The summed E-state index contributed by atoms with van der Waals surface area (Å²) in [4.78, 5) is 0. The van der Waals surface area contributed by atoms with Crippen molar-refractivity contribution in [1.82, 2.24) is 0 Å². The van der Waals surface area contributed by atoms with Gasteiger partial charge >= 0.3 is 0 Å². The van der Waals surface area contributed by atoms with Crippen LogP contribution in [0.5, 0.6) is 0 Å². The Bertz CT molecular complexity index is 947. The molecule has 140 valence electrons. The van der Waals surface area contributed by atoms with Gasteiger partial charge in [-0.3, -0.25) is 0 Å². The fraction of sp³-hybridized carbons (Fsp3) is 0.417. The second-order valence-corrected chi connectivity index (χ2v) is 12.3. The van der Waals surface area contributed by atoms with Gasteiger partial charge in [0.1, 0.15) is 7.14 Å². The van der Waals surface area contributed by atoms with E-state index in [1.165, 1.54) is 12.0 Å². The maximum atomic E-state index is 14.7. The van der Waals surface area contributed by atoms with Gasteiger partial charge in [0.25, 0.3) is 0 Å². The smallest absolute Gasteiger partial charge is 0.125 e. The average Bonchev–Trinajstić information content (AvgIpc) is 2.90. The molecule has 2 bridgehead atoms. The molecule has 27 heavy (non-hydrogen) atoms. The van der Waals surface area contributed by atoms with E-state index < -0.39 is 7.14 Å². The molecule has 0 aromatic heterocycles. The Morgan fingerprint density at radius 2 is 1.63 bits per heavy atom. The van der Waals surface area contributed by atoms with Crippen molar-refractivity contribution < 1.29 is 4.57 Å². The van der Waals surface area contributed by atoms with Crippen LogP contribution in [-0.2, 0) is 10.7 Å². The Morgan fingerprint density at radius 1 is 1.00 bits per heavy atom. The van der Waals surface area contributed by atoms with Crippen LogP contribution in [0.1, 0.15) is 37.8 Å². The lowest BCUT2D eigenvalue weighted by atomic mass is 9.45. The molecule has 5 atom stereocenters. The molecule has 4 aliphatic rings. The first-order valence-electron chi connectivity index (χ1n) is 10.1. The van der Waals surface area contributed by atoms with Crippen molar-refractivity contribution in [3.63, 3.8) is 0 Å². The second kappa shape index (κ2) is 5.85. The van der Waals surface area contributed by atoms with Crippen molar-refractivity contribution in [2.24, 2.45) is 28.9 Å². The van der Waals surface area contributed by atoms with Crippen LogP contribution >= 0.6 is 7.14 Å². The van der Waals surface area contributed by atoms with Crippen molar-refractivity contribution >= 4 is 12.5 Å². The Labute approximate surface area is 162 Å². The number of allylic oxidation sites excluding steroid dienone is 1. The van der Waals surface area contributed by atoms with Gasteiger partial charge in [0.2, 0.25) is 0 Å². The van der Waals surface area contributed by atoms with E-state index in [-0.39, 0.29) is 11.6 Å². The molecular weight excluding hydrogens is 349 g/mol. The molecule has 2 nitrogen and oxygen atoms in total. The van der Waals surface area contributed by atoms with Crippen molar-refractivity contribution in [3.8, 4) is 0 Å². The van der Waals surface area contributed by atoms with Crippen LogP contribution in [0.25, 0.3) is 5.31 Å². The van der Waals surface area contributed by atoms with Gasteiger partial charge in [0.15, 0.2) is 0 Å². The normalized spacial score (nSPS) is 36.2. The highest BCUT2D eigenvalue weighted by molar-refractivity contribution is 7.74. The lowest BCUT2D eigenvalue weighted by Crippen LogP contribution is -2.57. The molecule has 0 amide bonds. The number of benzene rings is 2. The molecule has 1 unspecified atom stereocenters. The molecule has 0 radical (unpaired) electrons.